The first-order chi connectivity index (χ1) is 14.5. The van der Waals surface area contributed by atoms with Crippen molar-refractivity contribution in [2.75, 3.05) is 31.3 Å². The first-order valence-corrected chi connectivity index (χ1v) is 11.8. The predicted octanol–water partition coefficient (Wildman–Crippen LogP) is -1.84. The van der Waals surface area contributed by atoms with Crippen LogP contribution in [0.15, 0.2) is 0 Å². The molecule has 11 heteroatoms. The molecule has 0 aromatic heterocycles. The maximum absolute atomic E-state index is 10.7. The van der Waals surface area contributed by atoms with Gasteiger partial charge in [-0.15, -0.1) is 0 Å². The van der Waals surface area contributed by atoms with Crippen LogP contribution in [0.1, 0.15) is 25.7 Å². The van der Waals surface area contributed by atoms with Crippen molar-refractivity contribution in [2.45, 2.75) is 81.0 Å². The molecule has 6 saturated heterocycles. The van der Waals surface area contributed by atoms with Crippen LogP contribution in [-0.2, 0) is 18.9 Å². The first-order valence-electron chi connectivity index (χ1n) is 10.7. The second-order valence-corrected chi connectivity index (χ2v) is 9.23. The van der Waals surface area contributed by atoms with Gasteiger partial charge < -0.3 is 50.2 Å². The average molecular weight is 454 g/mol. The van der Waals surface area contributed by atoms with E-state index < -0.39 is 61.2 Å². The molecule has 10 atom stereocenters. The molecule has 6 fully saturated rings. The molecule has 7 N–H and O–H groups in total. The van der Waals surface area contributed by atoms with Crippen molar-refractivity contribution in [3.8, 4) is 0 Å². The van der Waals surface area contributed by atoms with Gasteiger partial charge in [0.05, 0.1) is 24.9 Å². The molecule has 0 aromatic carbocycles. The van der Waals surface area contributed by atoms with E-state index in [4.69, 9.17) is 24.7 Å². The molecule has 6 rings (SSSR count). The van der Waals surface area contributed by atoms with Crippen molar-refractivity contribution < 1.29 is 44.5 Å². The molecule has 0 spiro atoms. The molecule has 4 unspecified atom stereocenters. The lowest BCUT2D eigenvalue weighted by molar-refractivity contribution is -0.351. The van der Waals surface area contributed by atoms with Gasteiger partial charge in [-0.1, -0.05) is 12.8 Å². The zero-order valence-electron chi connectivity index (χ0n) is 17.0. The second kappa shape index (κ2) is 11.7. The minimum atomic E-state index is -1.36. The average Bonchev–Trinajstić information content (AvgIpc) is 2.75. The lowest BCUT2D eigenvalue weighted by Gasteiger charge is -2.47. The Morgan fingerprint density at radius 3 is 2.30 bits per heavy atom. The maximum atomic E-state index is 10.7. The molecule has 10 nitrogen and oxygen atoms in total. The lowest BCUT2D eigenvalue weighted by atomic mass is 9.85. The lowest BCUT2D eigenvalue weighted by Crippen LogP contribution is -2.63. The van der Waals surface area contributed by atoms with Crippen LogP contribution in [0, 0.1) is 5.92 Å². The molecule has 4 bridgehead atoms. The fourth-order valence-electron chi connectivity index (χ4n) is 4.28. The minimum absolute atomic E-state index is 0.332. The number of nitrogens with two attached hydrogens (primary N) is 1. The summed E-state index contributed by atoms with van der Waals surface area (Å²) >= 11 is 1.50. The number of hydrogen-bond acceptors (Lipinski definition) is 11. The SMILES string of the molecule is NCCSCC1O[C@H]2OCCCCCC3C(CO)O[C@@H](OC1[C@H](O)[C@H]2O)[C@H](O)[C@H]3O. The largest absolute Gasteiger partial charge is 0.394 e. The summed E-state index contributed by atoms with van der Waals surface area (Å²) in [5.74, 6) is 0.657. The molecular weight excluding hydrogens is 418 g/mol. The third kappa shape index (κ3) is 5.65. The van der Waals surface area contributed by atoms with Crippen molar-refractivity contribution in [1.29, 1.82) is 0 Å². The van der Waals surface area contributed by atoms with Crippen LogP contribution in [0.5, 0.6) is 0 Å². The smallest absolute Gasteiger partial charge is 0.187 e. The molecular formula is C19H35NO9S. The van der Waals surface area contributed by atoms with Crippen LogP contribution in [0.4, 0.5) is 0 Å². The normalized spacial score (nSPS) is 45.8. The zero-order valence-corrected chi connectivity index (χ0v) is 17.8. The van der Waals surface area contributed by atoms with Gasteiger partial charge in [0.2, 0.25) is 0 Å². The third-order valence-electron chi connectivity index (χ3n) is 5.97. The fraction of sp³-hybridized carbons (Fsp3) is 1.00. The zero-order chi connectivity index (χ0) is 21.7. The van der Waals surface area contributed by atoms with Crippen LogP contribution in [0.25, 0.3) is 0 Å². The van der Waals surface area contributed by atoms with E-state index in [1.807, 2.05) is 0 Å². The highest BCUT2D eigenvalue weighted by molar-refractivity contribution is 7.99. The molecule has 6 heterocycles. The van der Waals surface area contributed by atoms with Gasteiger partial charge in [-0.25, -0.2) is 0 Å². The molecule has 30 heavy (non-hydrogen) atoms. The third-order valence-corrected chi connectivity index (χ3v) is 7.06. The second-order valence-electron chi connectivity index (χ2n) is 8.08. The predicted molar refractivity (Wildman–Crippen MR) is 108 cm³/mol. The van der Waals surface area contributed by atoms with Gasteiger partial charge in [-0.3, -0.25) is 0 Å². The number of hydrogen-bond donors (Lipinski definition) is 6. The molecule has 0 radical (unpaired) electrons. The quantitative estimate of drug-likeness (QED) is 0.259. The maximum Gasteiger partial charge on any atom is 0.187 e. The van der Waals surface area contributed by atoms with Gasteiger partial charge in [0, 0.05) is 30.6 Å². The molecule has 6 aliphatic rings. The number of ether oxygens (including phenoxy) is 4. The number of aliphatic hydroxyl groups excluding tert-OH is 5. The first kappa shape index (κ1) is 24.6. The number of thioether (sulfide) groups is 1. The Kier molecular flexibility index (Phi) is 9.60. The van der Waals surface area contributed by atoms with E-state index >= 15 is 0 Å². The van der Waals surface area contributed by atoms with E-state index in [1.165, 1.54) is 11.8 Å². The van der Waals surface area contributed by atoms with Crippen molar-refractivity contribution >= 4 is 11.8 Å². The van der Waals surface area contributed by atoms with E-state index in [0.717, 1.165) is 12.8 Å². The molecule has 176 valence electrons. The number of aliphatic hydroxyl groups is 5. The summed E-state index contributed by atoms with van der Waals surface area (Å²) in [5.41, 5.74) is 5.56. The highest BCUT2D eigenvalue weighted by Crippen LogP contribution is 2.34. The van der Waals surface area contributed by atoms with Gasteiger partial charge in [-0.2, -0.15) is 11.8 Å². The van der Waals surface area contributed by atoms with Crippen molar-refractivity contribution in [3.05, 3.63) is 0 Å². The van der Waals surface area contributed by atoms with Gasteiger partial charge in [0.1, 0.15) is 24.4 Å². The Morgan fingerprint density at radius 2 is 1.57 bits per heavy atom. The monoisotopic (exact) mass is 453 g/mol. The summed E-state index contributed by atoms with van der Waals surface area (Å²) in [5, 5.41) is 52.3. The molecule has 0 aromatic rings. The Balaban J connectivity index is 1.84. The van der Waals surface area contributed by atoms with Gasteiger partial charge in [0.15, 0.2) is 12.6 Å². The van der Waals surface area contributed by atoms with Crippen molar-refractivity contribution in [1.82, 2.24) is 0 Å². The minimum Gasteiger partial charge on any atom is -0.394 e. The van der Waals surface area contributed by atoms with Crippen molar-refractivity contribution in [2.24, 2.45) is 11.7 Å². The van der Waals surface area contributed by atoms with Crippen LogP contribution < -0.4 is 5.73 Å². The van der Waals surface area contributed by atoms with E-state index in [9.17, 15) is 25.5 Å². The van der Waals surface area contributed by atoms with Crippen LogP contribution in [0.2, 0.25) is 0 Å². The summed E-state index contributed by atoms with van der Waals surface area (Å²) < 4.78 is 23.2. The molecule has 6 aliphatic heterocycles. The summed E-state index contributed by atoms with van der Waals surface area (Å²) in [6, 6.07) is 0. The highest BCUT2D eigenvalue weighted by atomic mass is 32.2. The number of rotatable bonds is 5. The van der Waals surface area contributed by atoms with Gasteiger partial charge >= 0.3 is 0 Å². The Hall–Kier alpha value is -0.0500. The Morgan fingerprint density at radius 1 is 0.833 bits per heavy atom. The van der Waals surface area contributed by atoms with Crippen LogP contribution >= 0.6 is 11.8 Å². The molecule has 0 aliphatic carbocycles. The highest BCUT2D eigenvalue weighted by Gasteiger charge is 2.50. The molecule has 0 amide bonds. The topological polar surface area (TPSA) is 164 Å². The summed E-state index contributed by atoms with van der Waals surface area (Å²) in [7, 11) is 0. The van der Waals surface area contributed by atoms with Crippen LogP contribution in [0.3, 0.4) is 0 Å². The van der Waals surface area contributed by atoms with Crippen molar-refractivity contribution in [3.63, 3.8) is 0 Å². The Bertz CT molecular complexity index is 516. The van der Waals surface area contributed by atoms with Crippen LogP contribution in [-0.4, -0.2) is 112 Å². The summed E-state index contributed by atoms with van der Waals surface area (Å²) in [6.07, 6.45) is -7.06. The summed E-state index contributed by atoms with van der Waals surface area (Å²) in [6.45, 7) is 0.493. The van der Waals surface area contributed by atoms with E-state index in [-0.39, 0.29) is 6.61 Å². The molecule has 0 saturated carbocycles. The van der Waals surface area contributed by atoms with E-state index in [2.05, 4.69) is 0 Å². The van der Waals surface area contributed by atoms with Gasteiger partial charge in [-0.05, 0) is 12.8 Å². The Labute approximate surface area is 180 Å². The fourth-order valence-corrected chi connectivity index (χ4v) is 5.11. The van der Waals surface area contributed by atoms with E-state index in [0.29, 0.717) is 37.5 Å². The van der Waals surface area contributed by atoms with Gasteiger partial charge in [0.25, 0.3) is 0 Å². The summed E-state index contributed by atoms with van der Waals surface area (Å²) in [4.78, 5) is 0. The standard InChI is InChI=1S/C19H35NO9S/c20-5-7-30-9-12-17-14(23)16(25)18(28-12)26-6-3-1-2-4-10-11(8-21)27-19(29-17)15(24)13(10)22/h10-19,21-25H,1-9,20H2/t10?,11?,12?,13-,14+,15+,16+,17?,18+,19-/m0/s1. The van der Waals surface area contributed by atoms with E-state index in [1.54, 1.807) is 0 Å².